The van der Waals surface area contributed by atoms with Crippen LogP contribution in [-0.2, 0) is 6.54 Å². The van der Waals surface area contributed by atoms with Crippen LogP contribution < -0.4 is 10.6 Å². The Morgan fingerprint density at radius 3 is 2.56 bits per heavy atom. The van der Waals surface area contributed by atoms with Crippen LogP contribution in [0.1, 0.15) is 24.5 Å². The zero-order valence-electron chi connectivity index (χ0n) is 10.1. The van der Waals surface area contributed by atoms with Crippen molar-refractivity contribution in [2.24, 2.45) is 0 Å². The van der Waals surface area contributed by atoms with Crippen LogP contribution >= 0.6 is 11.6 Å². The first-order chi connectivity index (χ1) is 7.74. The van der Waals surface area contributed by atoms with Gasteiger partial charge in [-0.15, -0.1) is 0 Å². The van der Waals surface area contributed by atoms with Gasteiger partial charge < -0.3 is 10.6 Å². The normalized spacial score (nSPS) is 10.7. The lowest BCUT2D eigenvalue weighted by molar-refractivity contribution is 0.607. The van der Waals surface area contributed by atoms with Crippen LogP contribution in [-0.4, -0.2) is 19.6 Å². The van der Waals surface area contributed by atoms with Crippen molar-refractivity contribution in [1.82, 2.24) is 10.6 Å². The van der Waals surface area contributed by atoms with E-state index in [0.717, 1.165) is 31.2 Å². The lowest BCUT2D eigenvalue weighted by Gasteiger charge is -2.08. The molecule has 0 aromatic heterocycles. The largest absolute Gasteiger partial charge is 0.315 e. The molecule has 0 spiro atoms. The molecule has 90 valence electrons. The topological polar surface area (TPSA) is 24.1 Å². The molecule has 0 radical (unpaired) electrons. The lowest BCUT2D eigenvalue weighted by atomic mass is 10.1. The molecule has 0 heterocycles. The molecule has 0 unspecified atom stereocenters. The summed E-state index contributed by atoms with van der Waals surface area (Å²) in [5.41, 5.74) is 2.38. The van der Waals surface area contributed by atoms with Crippen molar-refractivity contribution < 1.29 is 0 Å². The smallest absolute Gasteiger partial charge is 0.0453 e. The highest BCUT2D eigenvalue weighted by atomic mass is 35.5. The van der Waals surface area contributed by atoms with E-state index in [9.17, 15) is 0 Å². The summed E-state index contributed by atoms with van der Waals surface area (Å²) in [5.74, 6) is 0. The molecule has 0 saturated carbocycles. The van der Waals surface area contributed by atoms with Gasteiger partial charge in [0.1, 0.15) is 0 Å². The molecule has 3 heteroatoms. The maximum absolute atomic E-state index is 6.14. The Labute approximate surface area is 103 Å². The summed E-state index contributed by atoms with van der Waals surface area (Å²) in [5, 5.41) is 7.58. The molecule has 2 N–H and O–H groups in total. The van der Waals surface area contributed by atoms with Crippen LogP contribution in [0.5, 0.6) is 0 Å². The van der Waals surface area contributed by atoms with E-state index < -0.39 is 0 Å². The maximum Gasteiger partial charge on any atom is 0.0453 e. The fourth-order valence-electron chi connectivity index (χ4n) is 1.50. The highest BCUT2D eigenvalue weighted by molar-refractivity contribution is 6.31. The highest BCUT2D eigenvalue weighted by Gasteiger charge is 1.99. The van der Waals surface area contributed by atoms with Crippen LogP contribution in [0.15, 0.2) is 18.2 Å². The summed E-state index contributed by atoms with van der Waals surface area (Å²) in [6.45, 7) is 8.14. The van der Waals surface area contributed by atoms with Crippen molar-refractivity contribution in [3.05, 3.63) is 34.3 Å². The zero-order chi connectivity index (χ0) is 11.8. The summed E-state index contributed by atoms with van der Waals surface area (Å²) < 4.78 is 0. The molecular formula is C13H21ClN2. The Balaban J connectivity index is 2.21. The second-order valence-corrected chi connectivity index (χ2v) is 4.43. The van der Waals surface area contributed by atoms with Crippen LogP contribution in [0.25, 0.3) is 0 Å². The molecule has 0 amide bonds. The van der Waals surface area contributed by atoms with E-state index in [0.29, 0.717) is 0 Å². The number of hydrogen-bond donors (Lipinski definition) is 2. The molecule has 0 aliphatic heterocycles. The predicted octanol–water partition coefficient (Wildman–Crippen LogP) is 2.74. The van der Waals surface area contributed by atoms with E-state index in [1.807, 2.05) is 6.07 Å². The summed E-state index contributed by atoms with van der Waals surface area (Å²) in [4.78, 5) is 0. The molecule has 0 fully saturated rings. The summed E-state index contributed by atoms with van der Waals surface area (Å²) in [6, 6.07) is 6.19. The van der Waals surface area contributed by atoms with Crippen molar-refractivity contribution in [3.63, 3.8) is 0 Å². The fraction of sp³-hybridized carbons (Fsp3) is 0.538. The minimum absolute atomic E-state index is 0.840. The Hall–Kier alpha value is -0.570. The number of aryl methyl sites for hydroxylation is 1. The van der Waals surface area contributed by atoms with E-state index in [2.05, 4.69) is 36.6 Å². The van der Waals surface area contributed by atoms with Gasteiger partial charge in [-0.2, -0.15) is 0 Å². The van der Waals surface area contributed by atoms with Crippen LogP contribution in [0.4, 0.5) is 0 Å². The molecule has 1 rings (SSSR count). The Bertz CT molecular complexity index is 313. The quantitative estimate of drug-likeness (QED) is 0.717. The van der Waals surface area contributed by atoms with Gasteiger partial charge in [0.2, 0.25) is 0 Å². The minimum atomic E-state index is 0.840. The van der Waals surface area contributed by atoms with Crippen LogP contribution in [0, 0.1) is 6.92 Å². The third kappa shape index (κ3) is 4.97. The van der Waals surface area contributed by atoms with Crippen LogP contribution in [0.3, 0.4) is 0 Å². The number of rotatable bonds is 7. The van der Waals surface area contributed by atoms with Crippen molar-refractivity contribution in [3.8, 4) is 0 Å². The highest BCUT2D eigenvalue weighted by Crippen LogP contribution is 2.16. The van der Waals surface area contributed by atoms with Gasteiger partial charge in [0.05, 0.1) is 0 Å². The summed E-state index contributed by atoms with van der Waals surface area (Å²) in [7, 11) is 0. The SMILES string of the molecule is CCCNCCNCc1ccc(C)cc1Cl. The standard InChI is InChI=1S/C13H21ClN2/c1-3-6-15-7-8-16-10-12-5-4-11(2)9-13(12)14/h4-5,9,15-16H,3,6-8,10H2,1-2H3. The van der Waals surface area contributed by atoms with Crippen molar-refractivity contribution >= 4 is 11.6 Å². The number of hydrogen-bond acceptors (Lipinski definition) is 2. The lowest BCUT2D eigenvalue weighted by Crippen LogP contribution is -2.27. The molecule has 1 aromatic rings. The number of halogens is 1. The summed E-state index contributed by atoms with van der Waals surface area (Å²) >= 11 is 6.14. The van der Waals surface area contributed by atoms with Gasteiger partial charge >= 0.3 is 0 Å². The molecule has 0 bridgehead atoms. The first-order valence-corrected chi connectivity index (χ1v) is 6.28. The molecule has 2 nitrogen and oxygen atoms in total. The number of nitrogens with one attached hydrogen (secondary N) is 2. The zero-order valence-corrected chi connectivity index (χ0v) is 10.9. The number of benzene rings is 1. The van der Waals surface area contributed by atoms with Crippen molar-refractivity contribution in [1.29, 1.82) is 0 Å². The first-order valence-electron chi connectivity index (χ1n) is 5.90. The van der Waals surface area contributed by atoms with Crippen molar-refractivity contribution in [2.45, 2.75) is 26.8 Å². The third-order valence-corrected chi connectivity index (χ3v) is 2.78. The molecule has 0 aliphatic rings. The molecular weight excluding hydrogens is 220 g/mol. The Kier molecular flexibility index (Phi) is 6.46. The van der Waals surface area contributed by atoms with Gasteiger partial charge in [0.25, 0.3) is 0 Å². The second kappa shape index (κ2) is 7.66. The van der Waals surface area contributed by atoms with E-state index in [1.54, 1.807) is 0 Å². The van der Waals surface area contributed by atoms with Crippen molar-refractivity contribution in [2.75, 3.05) is 19.6 Å². The molecule has 16 heavy (non-hydrogen) atoms. The van der Waals surface area contributed by atoms with E-state index in [-0.39, 0.29) is 0 Å². The fourth-order valence-corrected chi connectivity index (χ4v) is 1.80. The maximum atomic E-state index is 6.14. The van der Waals surface area contributed by atoms with Gasteiger partial charge in [0, 0.05) is 24.7 Å². The average molecular weight is 241 g/mol. The first kappa shape index (κ1) is 13.5. The van der Waals surface area contributed by atoms with Gasteiger partial charge in [-0.25, -0.2) is 0 Å². The monoisotopic (exact) mass is 240 g/mol. The van der Waals surface area contributed by atoms with Crippen LogP contribution in [0.2, 0.25) is 5.02 Å². The van der Waals surface area contributed by atoms with E-state index >= 15 is 0 Å². The van der Waals surface area contributed by atoms with E-state index in [1.165, 1.54) is 17.5 Å². The molecule has 1 aromatic carbocycles. The third-order valence-electron chi connectivity index (χ3n) is 2.43. The predicted molar refractivity (Wildman–Crippen MR) is 71.1 cm³/mol. The van der Waals surface area contributed by atoms with Gasteiger partial charge in [0.15, 0.2) is 0 Å². The Morgan fingerprint density at radius 2 is 1.88 bits per heavy atom. The minimum Gasteiger partial charge on any atom is -0.315 e. The average Bonchev–Trinajstić information content (AvgIpc) is 2.26. The van der Waals surface area contributed by atoms with Gasteiger partial charge in [-0.05, 0) is 37.1 Å². The van der Waals surface area contributed by atoms with Gasteiger partial charge in [-0.3, -0.25) is 0 Å². The van der Waals surface area contributed by atoms with Gasteiger partial charge in [-0.1, -0.05) is 30.7 Å². The molecule has 0 saturated heterocycles. The van der Waals surface area contributed by atoms with E-state index in [4.69, 9.17) is 11.6 Å². The molecule has 0 atom stereocenters. The second-order valence-electron chi connectivity index (χ2n) is 4.02. The summed E-state index contributed by atoms with van der Waals surface area (Å²) in [6.07, 6.45) is 1.18. The molecule has 0 aliphatic carbocycles. The Morgan fingerprint density at radius 1 is 1.12 bits per heavy atom.